The van der Waals surface area contributed by atoms with Crippen LogP contribution in [0.25, 0.3) is 10.9 Å². The first-order valence-electron chi connectivity index (χ1n) is 10.8. The van der Waals surface area contributed by atoms with Crippen LogP contribution in [0.2, 0.25) is 0 Å². The van der Waals surface area contributed by atoms with Gasteiger partial charge in [0.25, 0.3) is 5.91 Å². The van der Waals surface area contributed by atoms with Crippen LogP contribution < -0.4 is 5.32 Å². The molecule has 2 heterocycles. The van der Waals surface area contributed by atoms with Crippen LogP contribution in [0.4, 0.5) is 5.69 Å². The molecule has 1 N–H and O–H groups in total. The Morgan fingerprint density at radius 1 is 0.903 bits per heavy atom. The first kappa shape index (κ1) is 19.5. The predicted octanol–water partition coefficient (Wildman–Crippen LogP) is 5.09. The number of benzene rings is 3. The highest BCUT2D eigenvalue weighted by molar-refractivity contribution is 6.13. The third-order valence-electron chi connectivity index (χ3n) is 5.94. The van der Waals surface area contributed by atoms with Crippen molar-refractivity contribution in [2.75, 3.05) is 18.4 Å². The molecule has 4 nitrogen and oxygen atoms in total. The number of nitrogens with zero attached hydrogens (tertiary/aromatic N) is 2. The Morgan fingerprint density at radius 3 is 2.42 bits per heavy atom. The number of aromatic nitrogens is 1. The topological polar surface area (TPSA) is 45.2 Å². The minimum Gasteiger partial charge on any atom is -0.322 e. The van der Waals surface area contributed by atoms with Gasteiger partial charge in [0.05, 0.1) is 11.1 Å². The largest absolute Gasteiger partial charge is 0.322 e. The van der Waals surface area contributed by atoms with Gasteiger partial charge in [-0.3, -0.25) is 14.7 Å². The summed E-state index contributed by atoms with van der Waals surface area (Å²) in [4.78, 5) is 20.8. The van der Waals surface area contributed by atoms with Crippen LogP contribution in [0.5, 0.6) is 0 Å². The molecule has 0 fully saturated rings. The number of nitrogens with one attached hydrogen (secondary N) is 1. The van der Waals surface area contributed by atoms with Gasteiger partial charge in [0.15, 0.2) is 0 Å². The summed E-state index contributed by atoms with van der Waals surface area (Å²) in [6, 6.07) is 28.2. The van der Waals surface area contributed by atoms with Crippen molar-refractivity contribution in [2.45, 2.75) is 19.4 Å². The molecule has 1 aromatic heterocycles. The van der Waals surface area contributed by atoms with Gasteiger partial charge in [-0.05, 0) is 30.2 Å². The molecule has 0 aliphatic carbocycles. The summed E-state index contributed by atoms with van der Waals surface area (Å²) in [5, 5.41) is 4.00. The predicted molar refractivity (Wildman–Crippen MR) is 125 cm³/mol. The van der Waals surface area contributed by atoms with E-state index >= 15 is 0 Å². The Balaban J connectivity index is 1.47. The molecule has 31 heavy (non-hydrogen) atoms. The first-order chi connectivity index (χ1) is 15.3. The molecule has 0 bridgehead atoms. The Morgan fingerprint density at radius 2 is 1.61 bits per heavy atom. The normalized spacial score (nSPS) is 13.7. The van der Waals surface area contributed by atoms with Crippen LogP contribution in [-0.2, 0) is 19.4 Å². The van der Waals surface area contributed by atoms with Gasteiger partial charge in [0.1, 0.15) is 0 Å². The maximum absolute atomic E-state index is 13.4. The van der Waals surface area contributed by atoms with Gasteiger partial charge >= 0.3 is 0 Å². The van der Waals surface area contributed by atoms with Crippen LogP contribution >= 0.6 is 0 Å². The number of amides is 1. The van der Waals surface area contributed by atoms with Crippen LogP contribution in [0.1, 0.15) is 27.2 Å². The number of pyridine rings is 1. The molecule has 1 aliphatic heterocycles. The Kier molecular flexibility index (Phi) is 5.46. The number of anilines is 1. The molecule has 0 saturated carbocycles. The van der Waals surface area contributed by atoms with E-state index in [-0.39, 0.29) is 5.91 Å². The van der Waals surface area contributed by atoms with E-state index in [4.69, 9.17) is 4.98 Å². The molecule has 0 spiro atoms. The highest BCUT2D eigenvalue weighted by Gasteiger charge is 2.25. The molecule has 0 unspecified atom stereocenters. The third kappa shape index (κ3) is 4.21. The van der Waals surface area contributed by atoms with E-state index in [0.29, 0.717) is 0 Å². The van der Waals surface area contributed by atoms with Gasteiger partial charge in [-0.2, -0.15) is 0 Å². The van der Waals surface area contributed by atoms with Crippen molar-refractivity contribution < 1.29 is 4.79 Å². The standard InChI is InChI=1S/C27H25N3O/c31-27(28-21-11-5-2-6-12-21)26-22-13-7-8-14-24(22)29-25-16-18-30(19-23(25)26)17-15-20-9-3-1-4-10-20/h1-14H,15-19H2,(H,28,31). The summed E-state index contributed by atoms with van der Waals surface area (Å²) >= 11 is 0. The van der Waals surface area contributed by atoms with Gasteiger partial charge in [-0.1, -0.05) is 66.7 Å². The SMILES string of the molecule is O=C(Nc1ccccc1)c1c2c(nc3ccccc13)CCN(CCc1ccccc1)C2. The summed E-state index contributed by atoms with van der Waals surface area (Å²) in [7, 11) is 0. The zero-order valence-electron chi connectivity index (χ0n) is 17.4. The fraction of sp³-hybridized carbons (Fsp3) is 0.185. The van der Waals surface area contributed by atoms with Crippen LogP contribution in [0.3, 0.4) is 0 Å². The van der Waals surface area contributed by atoms with E-state index < -0.39 is 0 Å². The van der Waals surface area contributed by atoms with Gasteiger partial charge < -0.3 is 5.32 Å². The summed E-state index contributed by atoms with van der Waals surface area (Å²) in [6.45, 7) is 2.68. The zero-order valence-corrected chi connectivity index (χ0v) is 17.4. The quantitative estimate of drug-likeness (QED) is 0.501. The molecular weight excluding hydrogens is 382 g/mol. The maximum atomic E-state index is 13.4. The minimum atomic E-state index is -0.0639. The average Bonchev–Trinajstić information content (AvgIpc) is 2.82. The van der Waals surface area contributed by atoms with Crippen molar-refractivity contribution in [1.29, 1.82) is 0 Å². The summed E-state index contributed by atoms with van der Waals surface area (Å²) < 4.78 is 0. The third-order valence-corrected chi connectivity index (χ3v) is 5.94. The second kappa shape index (κ2) is 8.70. The Hall–Kier alpha value is -3.50. The van der Waals surface area contributed by atoms with E-state index in [9.17, 15) is 4.79 Å². The molecule has 1 aliphatic rings. The Bertz CT molecular complexity index is 1210. The van der Waals surface area contributed by atoms with E-state index in [1.165, 1.54) is 5.56 Å². The fourth-order valence-electron chi connectivity index (χ4n) is 4.34. The van der Waals surface area contributed by atoms with Crippen molar-refractivity contribution >= 4 is 22.5 Å². The van der Waals surface area contributed by atoms with Gasteiger partial charge in [-0.25, -0.2) is 0 Å². The minimum absolute atomic E-state index is 0.0639. The number of rotatable bonds is 5. The number of para-hydroxylation sites is 2. The molecule has 5 rings (SSSR count). The lowest BCUT2D eigenvalue weighted by atomic mass is 9.95. The first-order valence-corrected chi connectivity index (χ1v) is 10.8. The summed E-state index contributed by atoms with van der Waals surface area (Å²) in [5.41, 5.74) is 5.90. The monoisotopic (exact) mass is 407 g/mol. The summed E-state index contributed by atoms with van der Waals surface area (Å²) in [6.07, 6.45) is 1.86. The van der Waals surface area contributed by atoms with E-state index in [2.05, 4.69) is 40.5 Å². The van der Waals surface area contributed by atoms with Crippen molar-refractivity contribution in [2.24, 2.45) is 0 Å². The maximum Gasteiger partial charge on any atom is 0.256 e. The second-order valence-electron chi connectivity index (χ2n) is 8.01. The number of carbonyl (C=O) groups excluding carboxylic acids is 1. The lowest BCUT2D eigenvalue weighted by molar-refractivity contribution is 0.102. The highest BCUT2D eigenvalue weighted by atomic mass is 16.1. The smallest absolute Gasteiger partial charge is 0.256 e. The highest BCUT2D eigenvalue weighted by Crippen LogP contribution is 2.29. The second-order valence-corrected chi connectivity index (χ2v) is 8.01. The molecule has 154 valence electrons. The number of carbonyl (C=O) groups is 1. The van der Waals surface area contributed by atoms with Crippen molar-refractivity contribution in [3.05, 3.63) is 107 Å². The van der Waals surface area contributed by atoms with Crippen molar-refractivity contribution in [1.82, 2.24) is 9.88 Å². The van der Waals surface area contributed by atoms with Gasteiger partial charge in [0, 0.05) is 48.4 Å². The van der Waals surface area contributed by atoms with Crippen molar-refractivity contribution in [3.63, 3.8) is 0 Å². The molecule has 3 aromatic carbocycles. The molecule has 0 atom stereocenters. The van der Waals surface area contributed by atoms with Crippen LogP contribution in [0.15, 0.2) is 84.9 Å². The van der Waals surface area contributed by atoms with Crippen LogP contribution in [-0.4, -0.2) is 28.9 Å². The summed E-state index contributed by atoms with van der Waals surface area (Å²) in [5.74, 6) is -0.0639. The lowest BCUT2D eigenvalue weighted by Crippen LogP contribution is -2.34. The van der Waals surface area contributed by atoms with Gasteiger partial charge in [0.2, 0.25) is 0 Å². The number of hydrogen-bond donors (Lipinski definition) is 1. The van der Waals surface area contributed by atoms with E-state index in [1.54, 1.807) is 0 Å². The Labute approximate surface area is 182 Å². The van der Waals surface area contributed by atoms with Crippen molar-refractivity contribution in [3.8, 4) is 0 Å². The van der Waals surface area contributed by atoms with Crippen LogP contribution in [0, 0.1) is 0 Å². The molecule has 0 saturated heterocycles. The molecule has 4 aromatic rings. The molecule has 0 radical (unpaired) electrons. The van der Waals surface area contributed by atoms with E-state index in [1.807, 2.05) is 54.6 Å². The molecule has 4 heteroatoms. The average molecular weight is 408 g/mol. The fourth-order valence-corrected chi connectivity index (χ4v) is 4.34. The zero-order chi connectivity index (χ0) is 21.0. The molecular formula is C27H25N3O. The molecule has 1 amide bonds. The lowest BCUT2D eigenvalue weighted by Gasteiger charge is -2.30. The number of fused-ring (bicyclic) bond motifs is 2. The van der Waals surface area contributed by atoms with Gasteiger partial charge in [-0.15, -0.1) is 0 Å². The number of hydrogen-bond acceptors (Lipinski definition) is 3. The van der Waals surface area contributed by atoms with E-state index in [0.717, 1.165) is 65.9 Å².